The van der Waals surface area contributed by atoms with Crippen LogP contribution in [0.5, 0.6) is 0 Å². The highest BCUT2D eigenvalue weighted by Gasteiger charge is 2.16. The Morgan fingerprint density at radius 3 is 2.74 bits per heavy atom. The molecule has 0 radical (unpaired) electrons. The molecule has 3 aromatic rings. The van der Waals surface area contributed by atoms with Gasteiger partial charge in [-0.2, -0.15) is 5.10 Å². The Bertz CT molecular complexity index is 782. The number of nitrogens with zero attached hydrogens (tertiary/aromatic N) is 4. The molecule has 0 unspecified atom stereocenters. The molecule has 0 aromatic carbocycles. The Morgan fingerprint density at radius 2 is 2.11 bits per heavy atom. The first-order valence-corrected chi connectivity index (χ1v) is 6.04. The SMILES string of the molecule is Cc1nn(C)c(C)c1-c1nccn2cc(C=O)cc12. The first kappa shape index (κ1) is 11.6. The van der Waals surface area contributed by atoms with Crippen LogP contribution in [-0.2, 0) is 7.05 Å². The molecule has 5 heteroatoms. The summed E-state index contributed by atoms with van der Waals surface area (Å²) in [6, 6.07) is 1.85. The maximum absolute atomic E-state index is 10.9. The van der Waals surface area contributed by atoms with Gasteiger partial charge in [-0.05, 0) is 19.9 Å². The van der Waals surface area contributed by atoms with Crippen molar-refractivity contribution in [1.82, 2.24) is 19.2 Å². The van der Waals surface area contributed by atoms with Crippen molar-refractivity contribution < 1.29 is 4.79 Å². The van der Waals surface area contributed by atoms with Crippen LogP contribution >= 0.6 is 0 Å². The molecule has 0 fully saturated rings. The number of aromatic nitrogens is 4. The molecular weight excluding hydrogens is 240 g/mol. The molecule has 3 rings (SSSR count). The van der Waals surface area contributed by atoms with Gasteiger partial charge in [0.2, 0.25) is 0 Å². The van der Waals surface area contributed by atoms with Crippen LogP contribution in [0.25, 0.3) is 16.8 Å². The first-order valence-electron chi connectivity index (χ1n) is 6.04. The molecule has 0 bridgehead atoms. The van der Waals surface area contributed by atoms with Crippen LogP contribution in [-0.4, -0.2) is 25.5 Å². The summed E-state index contributed by atoms with van der Waals surface area (Å²) in [6.07, 6.45) is 6.23. The molecule has 0 saturated carbocycles. The summed E-state index contributed by atoms with van der Waals surface area (Å²) in [5, 5.41) is 4.42. The second-order valence-electron chi connectivity index (χ2n) is 4.63. The van der Waals surface area contributed by atoms with E-state index in [1.807, 2.05) is 42.2 Å². The van der Waals surface area contributed by atoms with Crippen molar-refractivity contribution in [2.24, 2.45) is 7.05 Å². The van der Waals surface area contributed by atoms with E-state index in [0.717, 1.165) is 34.4 Å². The van der Waals surface area contributed by atoms with Gasteiger partial charge in [-0.1, -0.05) is 0 Å². The van der Waals surface area contributed by atoms with Crippen molar-refractivity contribution in [1.29, 1.82) is 0 Å². The average Bonchev–Trinajstić information content (AvgIpc) is 2.91. The van der Waals surface area contributed by atoms with Gasteiger partial charge in [-0.25, -0.2) is 0 Å². The van der Waals surface area contributed by atoms with Gasteiger partial charge < -0.3 is 4.40 Å². The summed E-state index contributed by atoms with van der Waals surface area (Å²) in [7, 11) is 1.92. The third-order valence-electron chi connectivity index (χ3n) is 3.43. The minimum Gasteiger partial charge on any atom is -0.320 e. The number of hydrogen-bond donors (Lipinski definition) is 0. The second kappa shape index (κ2) is 4.05. The lowest BCUT2D eigenvalue weighted by molar-refractivity contribution is 0.112. The molecule has 0 spiro atoms. The zero-order valence-electron chi connectivity index (χ0n) is 11.1. The lowest BCUT2D eigenvalue weighted by Crippen LogP contribution is -1.94. The molecule has 0 aliphatic carbocycles. The van der Waals surface area contributed by atoms with Gasteiger partial charge in [0, 0.05) is 42.5 Å². The van der Waals surface area contributed by atoms with Crippen molar-refractivity contribution >= 4 is 11.8 Å². The lowest BCUT2D eigenvalue weighted by atomic mass is 10.1. The van der Waals surface area contributed by atoms with Crippen LogP contribution in [0.15, 0.2) is 24.7 Å². The molecule has 0 aliphatic heterocycles. The second-order valence-corrected chi connectivity index (χ2v) is 4.63. The minimum atomic E-state index is 0.647. The molecule has 5 nitrogen and oxygen atoms in total. The molecule has 0 N–H and O–H groups in total. The Labute approximate surface area is 110 Å². The van der Waals surface area contributed by atoms with E-state index in [9.17, 15) is 4.79 Å². The molecule has 0 amide bonds. The summed E-state index contributed by atoms with van der Waals surface area (Å²) >= 11 is 0. The van der Waals surface area contributed by atoms with Gasteiger partial charge in [0.15, 0.2) is 6.29 Å². The lowest BCUT2D eigenvalue weighted by Gasteiger charge is -2.04. The fraction of sp³-hybridized carbons (Fsp3) is 0.214. The van der Waals surface area contributed by atoms with Crippen LogP contribution in [0.1, 0.15) is 21.7 Å². The molecule has 3 aromatic heterocycles. The highest BCUT2D eigenvalue weighted by atomic mass is 16.1. The number of aldehydes is 1. The third kappa shape index (κ3) is 1.66. The standard InChI is InChI=1S/C14H14N4O/c1-9-13(10(2)17(3)16-9)14-12-6-11(8-19)7-18(12)5-4-15-14/h4-8H,1-3H3. The van der Waals surface area contributed by atoms with E-state index in [0.29, 0.717) is 5.56 Å². The summed E-state index contributed by atoms with van der Waals surface area (Å²) < 4.78 is 3.76. The number of hydrogen-bond acceptors (Lipinski definition) is 3. The fourth-order valence-corrected chi connectivity index (χ4v) is 2.43. The Kier molecular flexibility index (Phi) is 2.48. The Morgan fingerprint density at radius 1 is 1.32 bits per heavy atom. The van der Waals surface area contributed by atoms with Crippen molar-refractivity contribution in [3.8, 4) is 11.3 Å². The number of aryl methyl sites for hydroxylation is 2. The smallest absolute Gasteiger partial charge is 0.151 e. The summed E-state index contributed by atoms with van der Waals surface area (Å²) in [6.45, 7) is 3.99. The zero-order chi connectivity index (χ0) is 13.6. The number of rotatable bonds is 2. The molecular formula is C14H14N4O. The minimum absolute atomic E-state index is 0.647. The maximum Gasteiger partial charge on any atom is 0.151 e. The van der Waals surface area contributed by atoms with E-state index in [2.05, 4.69) is 10.1 Å². The number of carbonyl (C=O) groups excluding carboxylic acids is 1. The Hall–Kier alpha value is -2.43. The number of carbonyl (C=O) groups is 1. The van der Waals surface area contributed by atoms with Crippen molar-refractivity contribution in [2.75, 3.05) is 0 Å². The van der Waals surface area contributed by atoms with Gasteiger partial charge in [0.25, 0.3) is 0 Å². The quantitative estimate of drug-likeness (QED) is 0.658. The highest BCUT2D eigenvalue weighted by Crippen LogP contribution is 2.28. The molecule has 3 heterocycles. The van der Waals surface area contributed by atoms with Crippen molar-refractivity contribution in [3.05, 3.63) is 41.6 Å². The van der Waals surface area contributed by atoms with Gasteiger partial charge >= 0.3 is 0 Å². The average molecular weight is 254 g/mol. The van der Waals surface area contributed by atoms with Crippen LogP contribution in [0.4, 0.5) is 0 Å². The number of fused-ring (bicyclic) bond motifs is 1. The van der Waals surface area contributed by atoms with Gasteiger partial charge in [-0.3, -0.25) is 14.5 Å². The summed E-state index contributed by atoms with van der Waals surface area (Å²) in [4.78, 5) is 15.4. The van der Waals surface area contributed by atoms with E-state index in [-0.39, 0.29) is 0 Å². The van der Waals surface area contributed by atoms with Gasteiger partial charge in [0.1, 0.15) is 0 Å². The highest BCUT2D eigenvalue weighted by molar-refractivity contribution is 5.85. The zero-order valence-corrected chi connectivity index (χ0v) is 11.1. The first-order chi connectivity index (χ1) is 9.11. The predicted octanol–water partition coefficient (Wildman–Crippen LogP) is 2.16. The van der Waals surface area contributed by atoms with Crippen LogP contribution in [0, 0.1) is 13.8 Å². The summed E-state index contributed by atoms with van der Waals surface area (Å²) in [5.74, 6) is 0. The van der Waals surface area contributed by atoms with Gasteiger partial charge in [0.05, 0.1) is 16.9 Å². The maximum atomic E-state index is 10.9. The Balaban J connectivity index is 2.36. The van der Waals surface area contributed by atoms with E-state index in [1.165, 1.54) is 0 Å². The molecule has 96 valence electrons. The monoisotopic (exact) mass is 254 g/mol. The fourth-order valence-electron chi connectivity index (χ4n) is 2.43. The summed E-state index contributed by atoms with van der Waals surface area (Å²) in [5.41, 5.74) is 5.46. The van der Waals surface area contributed by atoms with Crippen molar-refractivity contribution in [3.63, 3.8) is 0 Å². The van der Waals surface area contributed by atoms with E-state index in [1.54, 1.807) is 12.4 Å². The molecule has 0 saturated heterocycles. The van der Waals surface area contributed by atoms with Gasteiger partial charge in [-0.15, -0.1) is 0 Å². The van der Waals surface area contributed by atoms with E-state index in [4.69, 9.17) is 0 Å². The third-order valence-corrected chi connectivity index (χ3v) is 3.43. The van der Waals surface area contributed by atoms with Crippen LogP contribution in [0.2, 0.25) is 0 Å². The molecule has 0 atom stereocenters. The van der Waals surface area contributed by atoms with E-state index >= 15 is 0 Å². The molecule has 19 heavy (non-hydrogen) atoms. The predicted molar refractivity (Wildman–Crippen MR) is 72.3 cm³/mol. The normalized spacial score (nSPS) is 11.1. The largest absolute Gasteiger partial charge is 0.320 e. The molecule has 0 aliphatic rings. The van der Waals surface area contributed by atoms with Crippen LogP contribution < -0.4 is 0 Å². The van der Waals surface area contributed by atoms with Crippen LogP contribution in [0.3, 0.4) is 0 Å². The topological polar surface area (TPSA) is 52.2 Å². The van der Waals surface area contributed by atoms with E-state index < -0.39 is 0 Å². The van der Waals surface area contributed by atoms with Crippen molar-refractivity contribution in [2.45, 2.75) is 13.8 Å².